The van der Waals surface area contributed by atoms with Crippen LogP contribution in [0.3, 0.4) is 0 Å². The Kier molecular flexibility index (Phi) is 6.76. The zero-order valence-electron chi connectivity index (χ0n) is 15.6. The molecule has 0 heterocycles. The first-order valence-electron chi connectivity index (χ1n) is 9.80. The summed E-state index contributed by atoms with van der Waals surface area (Å²) < 4.78 is 11.1. The number of hydrogen-bond acceptors (Lipinski definition) is 3. The van der Waals surface area contributed by atoms with E-state index in [0.717, 1.165) is 0 Å². The van der Waals surface area contributed by atoms with Gasteiger partial charge in [-0.15, -0.1) is 0 Å². The van der Waals surface area contributed by atoms with Crippen LogP contribution in [-0.2, 0) is 0 Å². The van der Waals surface area contributed by atoms with E-state index in [2.05, 4.69) is 0 Å². The van der Waals surface area contributed by atoms with Crippen molar-refractivity contribution in [3.63, 3.8) is 0 Å². The number of methoxy groups -OCH3 is 2. The highest BCUT2D eigenvalue weighted by atomic mass is 31.1. The Morgan fingerprint density at radius 3 is 1.68 bits per heavy atom. The lowest BCUT2D eigenvalue weighted by atomic mass is 9.99. The number of benzene rings is 1. The molecule has 0 atom stereocenters. The number of hydrogen-bond donors (Lipinski definition) is 0. The Morgan fingerprint density at radius 1 is 0.840 bits per heavy atom. The lowest BCUT2D eigenvalue weighted by Gasteiger charge is -2.37. The monoisotopic (exact) mass is 362 g/mol. The molecule has 0 saturated heterocycles. The molecule has 0 bridgehead atoms. The molecule has 25 heavy (non-hydrogen) atoms. The van der Waals surface area contributed by atoms with Crippen molar-refractivity contribution in [3.05, 3.63) is 23.8 Å². The molecule has 0 N–H and O–H groups in total. The van der Waals surface area contributed by atoms with Gasteiger partial charge in [0.05, 0.1) is 14.2 Å². The van der Waals surface area contributed by atoms with Crippen molar-refractivity contribution in [2.24, 2.45) is 0 Å². The summed E-state index contributed by atoms with van der Waals surface area (Å²) in [4.78, 5) is 13.8. The molecule has 0 radical (unpaired) electrons. The molecular weight excluding hydrogens is 331 g/mol. The molecule has 2 fully saturated rings. The SMILES string of the molecule is COc1cccc(OC)c1C(=O)P(C1CCCCC1)C1CCCCC1. The van der Waals surface area contributed by atoms with Crippen LogP contribution in [0, 0.1) is 0 Å². The summed E-state index contributed by atoms with van der Waals surface area (Å²) in [5.74, 6) is 1.34. The van der Waals surface area contributed by atoms with E-state index in [1.165, 1.54) is 64.2 Å². The summed E-state index contributed by atoms with van der Waals surface area (Å²) in [5, 5.41) is 0. The maximum atomic E-state index is 13.8. The van der Waals surface area contributed by atoms with Crippen LogP contribution >= 0.6 is 7.92 Å². The van der Waals surface area contributed by atoms with Crippen molar-refractivity contribution < 1.29 is 14.3 Å². The van der Waals surface area contributed by atoms with Crippen molar-refractivity contribution in [1.29, 1.82) is 0 Å². The predicted octanol–water partition coefficient (Wildman–Crippen LogP) is 5.99. The van der Waals surface area contributed by atoms with Crippen LogP contribution in [0.5, 0.6) is 11.5 Å². The zero-order valence-corrected chi connectivity index (χ0v) is 16.5. The van der Waals surface area contributed by atoms with E-state index in [0.29, 0.717) is 33.9 Å². The van der Waals surface area contributed by atoms with E-state index in [1.807, 2.05) is 18.2 Å². The minimum absolute atomic E-state index is 0.322. The molecule has 3 nitrogen and oxygen atoms in total. The van der Waals surface area contributed by atoms with E-state index < -0.39 is 7.92 Å². The minimum atomic E-state index is -0.677. The second-order valence-corrected chi connectivity index (χ2v) is 10.0. The molecule has 0 aliphatic heterocycles. The van der Waals surface area contributed by atoms with E-state index in [9.17, 15) is 4.79 Å². The fourth-order valence-corrected chi connectivity index (χ4v) is 8.12. The molecule has 0 spiro atoms. The van der Waals surface area contributed by atoms with Gasteiger partial charge >= 0.3 is 0 Å². The first kappa shape index (κ1) is 18.7. The number of carbonyl (C=O) groups is 1. The summed E-state index contributed by atoms with van der Waals surface area (Å²) in [7, 11) is 2.62. The molecule has 2 saturated carbocycles. The molecular formula is C21H31O3P. The molecule has 138 valence electrons. The number of ether oxygens (including phenoxy) is 2. The maximum Gasteiger partial charge on any atom is 0.192 e. The fourth-order valence-electron chi connectivity index (χ4n) is 4.54. The molecule has 0 amide bonds. The van der Waals surface area contributed by atoms with Gasteiger partial charge in [-0.3, -0.25) is 4.79 Å². The Hall–Kier alpha value is -1.08. The van der Waals surface area contributed by atoms with Gasteiger partial charge in [-0.05, 0) is 57.1 Å². The average Bonchev–Trinajstić information content (AvgIpc) is 2.69. The van der Waals surface area contributed by atoms with Crippen molar-refractivity contribution in [2.45, 2.75) is 75.5 Å². The topological polar surface area (TPSA) is 35.5 Å². The average molecular weight is 362 g/mol. The van der Waals surface area contributed by atoms with Gasteiger partial charge in [0.1, 0.15) is 17.1 Å². The summed E-state index contributed by atoms with van der Waals surface area (Å²) in [6.45, 7) is 0. The summed E-state index contributed by atoms with van der Waals surface area (Å²) in [6.07, 6.45) is 12.7. The van der Waals surface area contributed by atoms with Crippen molar-refractivity contribution in [3.8, 4) is 11.5 Å². The maximum absolute atomic E-state index is 13.8. The van der Waals surface area contributed by atoms with E-state index >= 15 is 0 Å². The van der Waals surface area contributed by atoms with Crippen molar-refractivity contribution >= 4 is 13.4 Å². The van der Waals surface area contributed by atoms with Gasteiger partial charge in [0.2, 0.25) is 0 Å². The van der Waals surface area contributed by atoms with Crippen LogP contribution in [0.4, 0.5) is 0 Å². The van der Waals surface area contributed by atoms with Crippen LogP contribution in [-0.4, -0.2) is 31.1 Å². The zero-order chi connectivity index (χ0) is 17.6. The van der Waals surface area contributed by atoms with Crippen LogP contribution in [0.25, 0.3) is 0 Å². The van der Waals surface area contributed by atoms with Gasteiger partial charge < -0.3 is 9.47 Å². The normalized spacial score (nSPS) is 19.8. The van der Waals surface area contributed by atoms with Gasteiger partial charge in [-0.2, -0.15) is 0 Å². The second-order valence-electron chi connectivity index (χ2n) is 7.33. The molecule has 1 aromatic rings. The Balaban J connectivity index is 1.96. The Morgan fingerprint density at radius 2 is 1.28 bits per heavy atom. The Bertz CT molecular complexity index is 534. The highest BCUT2D eigenvalue weighted by Crippen LogP contribution is 2.59. The van der Waals surface area contributed by atoms with Crippen LogP contribution in [0.2, 0.25) is 0 Å². The van der Waals surface area contributed by atoms with Crippen LogP contribution < -0.4 is 9.47 Å². The molecule has 3 rings (SSSR count). The van der Waals surface area contributed by atoms with Gasteiger partial charge in [0.25, 0.3) is 0 Å². The van der Waals surface area contributed by atoms with E-state index in [1.54, 1.807) is 14.2 Å². The molecule has 0 aromatic heterocycles. The van der Waals surface area contributed by atoms with Crippen LogP contribution in [0.1, 0.15) is 74.6 Å². The van der Waals surface area contributed by atoms with Gasteiger partial charge in [0.15, 0.2) is 5.52 Å². The lowest BCUT2D eigenvalue weighted by Crippen LogP contribution is -2.25. The summed E-state index contributed by atoms with van der Waals surface area (Å²) in [5.41, 5.74) is 2.20. The van der Waals surface area contributed by atoms with Crippen molar-refractivity contribution in [1.82, 2.24) is 0 Å². The molecule has 4 heteroatoms. The highest BCUT2D eigenvalue weighted by Gasteiger charge is 2.38. The van der Waals surface area contributed by atoms with E-state index in [-0.39, 0.29) is 0 Å². The quantitative estimate of drug-likeness (QED) is 0.583. The summed E-state index contributed by atoms with van der Waals surface area (Å²) >= 11 is 0. The standard InChI is InChI=1S/C21H31O3P/c1-23-18-14-9-15-19(24-2)20(18)21(22)25(16-10-5-3-6-11-16)17-12-7-4-8-13-17/h9,14-17H,3-8,10-13H2,1-2H3. The largest absolute Gasteiger partial charge is 0.496 e. The number of rotatable bonds is 6. The third-order valence-corrected chi connectivity index (χ3v) is 9.11. The third-order valence-electron chi connectivity index (χ3n) is 5.81. The van der Waals surface area contributed by atoms with Crippen molar-refractivity contribution in [2.75, 3.05) is 14.2 Å². The minimum Gasteiger partial charge on any atom is -0.496 e. The first-order chi connectivity index (χ1) is 12.3. The van der Waals surface area contributed by atoms with E-state index in [4.69, 9.17) is 9.47 Å². The van der Waals surface area contributed by atoms with Gasteiger partial charge in [-0.25, -0.2) is 0 Å². The van der Waals surface area contributed by atoms with Crippen LogP contribution in [0.15, 0.2) is 18.2 Å². The summed E-state index contributed by atoms with van der Waals surface area (Å²) in [6, 6.07) is 5.69. The second kappa shape index (κ2) is 9.03. The fraction of sp³-hybridized carbons (Fsp3) is 0.667. The first-order valence-corrected chi connectivity index (χ1v) is 11.3. The Labute approximate surface area is 153 Å². The van der Waals surface area contributed by atoms with Gasteiger partial charge in [-0.1, -0.05) is 44.6 Å². The number of carbonyl (C=O) groups excluding carboxylic acids is 1. The molecule has 2 aliphatic rings. The molecule has 0 unspecified atom stereocenters. The smallest absolute Gasteiger partial charge is 0.192 e. The lowest BCUT2D eigenvalue weighted by molar-refractivity contribution is 0.107. The highest BCUT2D eigenvalue weighted by molar-refractivity contribution is 7.76. The predicted molar refractivity (Wildman–Crippen MR) is 105 cm³/mol. The van der Waals surface area contributed by atoms with Gasteiger partial charge in [0, 0.05) is 0 Å². The third kappa shape index (κ3) is 4.19. The molecule has 2 aliphatic carbocycles. The molecule has 1 aromatic carbocycles.